The Morgan fingerprint density at radius 2 is 1.53 bits per heavy atom. The van der Waals surface area contributed by atoms with Crippen molar-refractivity contribution in [3.63, 3.8) is 0 Å². The zero-order valence-electron chi connectivity index (χ0n) is 19.5. The quantitative estimate of drug-likeness (QED) is 0.274. The number of imide groups is 1. The molecule has 5 rings (SSSR count). The predicted octanol–water partition coefficient (Wildman–Crippen LogP) is 5.41. The molecule has 34 heavy (non-hydrogen) atoms. The number of carbonyl (C=O) groups excluding carboxylic acids is 2. The highest BCUT2D eigenvalue weighted by molar-refractivity contribution is 6.15. The molecule has 3 aromatic carbocycles. The highest BCUT2D eigenvalue weighted by atomic mass is 16.2. The topological polar surface area (TPSA) is 40.6 Å². The van der Waals surface area contributed by atoms with E-state index in [9.17, 15) is 9.59 Å². The average molecular weight is 451 g/mol. The molecule has 3 aromatic rings. The summed E-state index contributed by atoms with van der Waals surface area (Å²) in [5.41, 5.74) is 6.77. The molecule has 2 amide bonds. The number of unbranched alkanes of at least 4 members (excludes halogenated alkanes) is 1. The Morgan fingerprint density at radius 3 is 2.38 bits per heavy atom. The van der Waals surface area contributed by atoms with Crippen molar-refractivity contribution in [2.24, 2.45) is 0 Å². The highest BCUT2D eigenvalue weighted by Gasteiger charge is 2.33. The van der Waals surface area contributed by atoms with Crippen molar-refractivity contribution < 1.29 is 9.59 Å². The Morgan fingerprint density at radius 1 is 0.794 bits per heavy atom. The molecular weight excluding hydrogens is 420 g/mol. The smallest absolute Gasteiger partial charge is 0.256 e. The number of nitrogens with zero attached hydrogens (tertiary/aromatic N) is 2. The molecule has 4 nitrogen and oxygen atoms in total. The predicted molar refractivity (Wildman–Crippen MR) is 136 cm³/mol. The molecule has 2 heterocycles. The molecule has 2 aliphatic rings. The van der Waals surface area contributed by atoms with E-state index in [1.54, 1.807) is 0 Å². The number of para-hydroxylation sites is 1. The first kappa shape index (κ1) is 22.1. The Kier molecular flexibility index (Phi) is 6.57. The van der Waals surface area contributed by atoms with Crippen molar-refractivity contribution >= 4 is 23.6 Å². The number of hydrogen-bond acceptors (Lipinski definition) is 3. The third kappa shape index (κ3) is 4.81. The van der Waals surface area contributed by atoms with Gasteiger partial charge in [0.25, 0.3) is 5.91 Å². The number of anilines is 1. The van der Waals surface area contributed by atoms with Gasteiger partial charge in [0.2, 0.25) is 5.91 Å². The van der Waals surface area contributed by atoms with Crippen molar-refractivity contribution in [1.29, 1.82) is 0 Å². The van der Waals surface area contributed by atoms with E-state index in [4.69, 9.17) is 0 Å². The summed E-state index contributed by atoms with van der Waals surface area (Å²) in [6.45, 7) is 2.29. The lowest BCUT2D eigenvalue weighted by Gasteiger charge is -2.32. The van der Waals surface area contributed by atoms with Crippen LogP contribution in [0.4, 0.5) is 5.69 Å². The van der Waals surface area contributed by atoms with Gasteiger partial charge in [-0.05, 0) is 60.1 Å². The monoisotopic (exact) mass is 450 g/mol. The first-order chi connectivity index (χ1) is 16.7. The molecule has 1 fully saturated rings. The molecule has 0 unspecified atom stereocenters. The van der Waals surface area contributed by atoms with Crippen molar-refractivity contribution in [1.82, 2.24) is 4.90 Å². The van der Waals surface area contributed by atoms with Crippen LogP contribution >= 0.6 is 0 Å². The van der Waals surface area contributed by atoms with E-state index in [2.05, 4.69) is 47.4 Å². The Labute approximate surface area is 201 Å². The van der Waals surface area contributed by atoms with E-state index in [-0.39, 0.29) is 18.2 Å². The number of fused-ring (bicyclic) bond motifs is 1. The molecular formula is C30H30N2O2. The van der Waals surface area contributed by atoms with Crippen LogP contribution in [0.5, 0.6) is 0 Å². The summed E-state index contributed by atoms with van der Waals surface area (Å²) in [5.74, 6) is -0.219. The number of aryl methyl sites for hydroxylation is 1. The number of carbonyl (C=O) groups is 2. The largest absolute Gasteiger partial charge is 0.366 e. The fourth-order valence-electron chi connectivity index (χ4n) is 4.99. The molecule has 0 saturated carbocycles. The first-order valence-corrected chi connectivity index (χ1v) is 12.2. The van der Waals surface area contributed by atoms with Crippen LogP contribution in [0.3, 0.4) is 0 Å². The Hall–Kier alpha value is -3.66. The minimum absolute atomic E-state index is 0.0830. The second-order valence-electron chi connectivity index (χ2n) is 9.14. The molecule has 0 aromatic heterocycles. The molecule has 2 aliphatic heterocycles. The van der Waals surface area contributed by atoms with E-state index < -0.39 is 0 Å². The van der Waals surface area contributed by atoms with Crippen molar-refractivity contribution in [2.45, 2.75) is 38.6 Å². The first-order valence-electron chi connectivity index (χ1n) is 12.2. The lowest BCUT2D eigenvalue weighted by atomic mass is 9.98. The van der Waals surface area contributed by atoms with Gasteiger partial charge in [-0.1, -0.05) is 72.8 Å². The molecule has 0 N–H and O–H groups in total. The summed E-state index contributed by atoms with van der Waals surface area (Å²) >= 11 is 0. The maximum atomic E-state index is 13.1. The van der Waals surface area contributed by atoms with Crippen LogP contribution in [-0.4, -0.2) is 29.8 Å². The van der Waals surface area contributed by atoms with Gasteiger partial charge in [-0.2, -0.15) is 0 Å². The van der Waals surface area contributed by atoms with Gasteiger partial charge in [-0.15, -0.1) is 0 Å². The van der Waals surface area contributed by atoms with Gasteiger partial charge in [-0.25, -0.2) is 0 Å². The zero-order chi connectivity index (χ0) is 23.3. The van der Waals surface area contributed by atoms with Gasteiger partial charge in [0.15, 0.2) is 0 Å². The number of likely N-dealkylation sites (tertiary alicyclic amines) is 1. The third-order valence-electron chi connectivity index (χ3n) is 6.84. The summed E-state index contributed by atoms with van der Waals surface area (Å²) in [4.78, 5) is 29.5. The van der Waals surface area contributed by atoms with E-state index in [0.29, 0.717) is 12.1 Å². The van der Waals surface area contributed by atoms with Crippen LogP contribution in [0.2, 0.25) is 0 Å². The normalized spacial score (nSPS) is 16.9. The summed E-state index contributed by atoms with van der Waals surface area (Å²) in [5, 5.41) is 0. The minimum Gasteiger partial charge on any atom is -0.366 e. The number of hydrogen-bond donors (Lipinski definition) is 0. The molecule has 0 aliphatic carbocycles. The van der Waals surface area contributed by atoms with Gasteiger partial charge in [-0.3, -0.25) is 14.5 Å². The van der Waals surface area contributed by atoms with Crippen LogP contribution in [-0.2, 0) is 29.0 Å². The van der Waals surface area contributed by atoms with Crippen LogP contribution in [0.1, 0.15) is 41.5 Å². The standard InChI is InChI=1S/C30H30N2O2/c33-29-21-27(30(34)32(29)18-9-8-12-23-10-2-1-3-11-23)20-25-14-6-7-16-28(25)31-19-17-24-13-4-5-15-26(24)22-31/h1-7,10-11,13-16,20H,8-9,12,17-19,21-22H2/b27-20+. The lowest BCUT2D eigenvalue weighted by molar-refractivity contribution is -0.137. The molecule has 0 bridgehead atoms. The van der Waals surface area contributed by atoms with E-state index in [1.807, 2.05) is 42.5 Å². The number of rotatable bonds is 7. The molecule has 172 valence electrons. The summed E-state index contributed by atoms with van der Waals surface area (Å²) < 4.78 is 0. The summed E-state index contributed by atoms with van der Waals surface area (Å²) in [7, 11) is 0. The van der Waals surface area contributed by atoms with Crippen molar-refractivity contribution in [3.05, 3.63) is 107 Å². The van der Waals surface area contributed by atoms with Crippen LogP contribution in [0, 0.1) is 0 Å². The van der Waals surface area contributed by atoms with Gasteiger partial charge < -0.3 is 4.90 Å². The van der Waals surface area contributed by atoms with Crippen molar-refractivity contribution in [2.75, 3.05) is 18.0 Å². The van der Waals surface area contributed by atoms with Crippen LogP contribution in [0.15, 0.2) is 84.4 Å². The zero-order valence-corrected chi connectivity index (χ0v) is 19.5. The van der Waals surface area contributed by atoms with Gasteiger partial charge in [0, 0.05) is 30.9 Å². The number of benzene rings is 3. The van der Waals surface area contributed by atoms with E-state index in [1.165, 1.54) is 21.6 Å². The molecule has 0 spiro atoms. The van der Waals surface area contributed by atoms with E-state index >= 15 is 0 Å². The second-order valence-corrected chi connectivity index (χ2v) is 9.14. The molecule has 4 heteroatoms. The van der Waals surface area contributed by atoms with Gasteiger partial charge >= 0.3 is 0 Å². The summed E-state index contributed by atoms with van der Waals surface area (Å²) in [6, 6.07) is 27.1. The van der Waals surface area contributed by atoms with Gasteiger partial charge in [0.05, 0.1) is 6.42 Å². The average Bonchev–Trinajstić information content (AvgIpc) is 3.14. The maximum absolute atomic E-state index is 13.1. The van der Waals surface area contributed by atoms with Crippen LogP contribution in [0.25, 0.3) is 6.08 Å². The second kappa shape index (κ2) is 10.1. The van der Waals surface area contributed by atoms with Crippen molar-refractivity contribution in [3.8, 4) is 0 Å². The molecule has 0 atom stereocenters. The molecule has 1 saturated heterocycles. The maximum Gasteiger partial charge on any atom is 0.256 e. The third-order valence-corrected chi connectivity index (χ3v) is 6.84. The van der Waals surface area contributed by atoms with Crippen LogP contribution < -0.4 is 4.90 Å². The lowest BCUT2D eigenvalue weighted by Crippen LogP contribution is -2.31. The van der Waals surface area contributed by atoms with E-state index in [0.717, 1.165) is 50.0 Å². The minimum atomic E-state index is -0.136. The van der Waals surface area contributed by atoms with Gasteiger partial charge in [0.1, 0.15) is 0 Å². The Bertz CT molecular complexity index is 1220. The highest BCUT2D eigenvalue weighted by Crippen LogP contribution is 2.30. The fourth-order valence-corrected chi connectivity index (χ4v) is 4.99. The summed E-state index contributed by atoms with van der Waals surface area (Å²) in [6.07, 6.45) is 5.87. The molecule has 0 radical (unpaired) electrons. The Balaban J connectivity index is 1.26. The fraction of sp³-hybridized carbons (Fsp3) is 0.267. The number of amides is 2. The SMILES string of the molecule is O=C1C/C(=C\c2ccccc2N2CCc3ccccc3C2)C(=O)N1CCCCc1ccccc1.